The van der Waals surface area contributed by atoms with Crippen molar-refractivity contribution < 1.29 is 22.3 Å². The van der Waals surface area contributed by atoms with Crippen LogP contribution in [0.3, 0.4) is 0 Å². The van der Waals surface area contributed by atoms with Crippen molar-refractivity contribution in [3.8, 4) is 11.4 Å². The molecule has 1 aromatic heterocycles. The molecule has 1 unspecified atom stereocenters. The van der Waals surface area contributed by atoms with Gasteiger partial charge in [0.05, 0.1) is 16.6 Å². The van der Waals surface area contributed by atoms with Gasteiger partial charge in [-0.05, 0) is 42.7 Å². The van der Waals surface area contributed by atoms with Gasteiger partial charge in [-0.1, -0.05) is 24.3 Å². The van der Waals surface area contributed by atoms with E-state index in [1.54, 1.807) is 24.3 Å². The van der Waals surface area contributed by atoms with Gasteiger partial charge in [-0.3, -0.25) is 4.79 Å². The summed E-state index contributed by atoms with van der Waals surface area (Å²) < 4.78 is 46.6. The Hall–Kier alpha value is -3.21. The Kier molecular flexibility index (Phi) is 7.07. The van der Waals surface area contributed by atoms with E-state index in [1.807, 2.05) is 0 Å². The third-order valence-corrected chi connectivity index (χ3v) is 6.60. The Bertz CT molecular complexity index is 1230. The molecule has 2 heterocycles. The van der Waals surface area contributed by atoms with E-state index in [0.717, 1.165) is 12.8 Å². The summed E-state index contributed by atoms with van der Waals surface area (Å²) in [5, 5.41) is 2.72. The molecule has 33 heavy (non-hydrogen) atoms. The molecule has 1 amide bonds. The minimum absolute atomic E-state index is 0.100. The summed E-state index contributed by atoms with van der Waals surface area (Å²) >= 11 is 0. The van der Waals surface area contributed by atoms with Crippen LogP contribution in [-0.4, -0.2) is 43.5 Å². The van der Waals surface area contributed by atoms with Crippen LogP contribution in [0.15, 0.2) is 65.8 Å². The second kappa shape index (κ2) is 10.2. The average Bonchev–Trinajstić information content (AvgIpc) is 3.35. The van der Waals surface area contributed by atoms with E-state index >= 15 is 0 Å². The molecule has 4 rings (SSSR count). The zero-order valence-corrected chi connectivity index (χ0v) is 18.5. The van der Waals surface area contributed by atoms with Crippen molar-refractivity contribution in [1.82, 2.24) is 20.0 Å². The molecule has 0 radical (unpaired) electrons. The van der Waals surface area contributed by atoms with Gasteiger partial charge in [0, 0.05) is 37.7 Å². The maximum Gasteiger partial charge on any atom is 0.254 e. The Labute approximate surface area is 191 Å². The zero-order chi connectivity index (χ0) is 23.3. The van der Waals surface area contributed by atoms with E-state index in [1.165, 1.54) is 36.7 Å². The molecular formula is C23H23FN4O4S. The average molecular weight is 471 g/mol. The zero-order valence-electron chi connectivity index (χ0n) is 17.7. The van der Waals surface area contributed by atoms with Crippen LogP contribution in [0.1, 0.15) is 28.8 Å². The molecule has 0 aliphatic carbocycles. The van der Waals surface area contributed by atoms with Gasteiger partial charge in [-0.25, -0.2) is 27.5 Å². The largest absolute Gasteiger partial charge is 0.377 e. The van der Waals surface area contributed by atoms with Crippen LogP contribution in [-0.2, 0) is 21.3 Å². The van der Waals surface area contributed by atoms with Crippen molar-refractivity contribution in [3.05, 3.63) is 77.9 Å². The predicted molar refractivity (Wildman–Crippen MR) is 119 cm³/mol. The molecule has 3 aromatic rings. The molecule has 1 saturated heterocycles. The van der Waals surface area contributed by atoms with E-state index in [0.29, 0.717) is 23.6 Å². The number of carbonyl (C=O) groups excluding carboxylic acids is 1. The van der Waals surface area contributed by atoms with Crippen LogP contribution in [0.4, 0.5) is 4.39 Å². The Morgan fingerprint density at radius 3 is 2.64 bits per heavy atom. The van der Waals surface area contributed by atoms with Gasteiger partial charge in [-0.15, -0.1) is 0 Å². The standard InChI is InChI=1S/C23H23FN4O4S/c24-19-6-2-5-17(11-19)22-25-13-18(14-26-22)23(29)27-12-16-4-1-8-21(10-16)33(30,31)28-15-20-7-3-9-32-20/h1-2,4-6,8,10-11,13-14,20,28H,3,7,9,12,15H2,(H,27,29). The highest BCUT2D eigenvalue weighted by Crippen LogP contribution is 2.16. The van der Waals surface area contributed by atoms with Crippen LogP contribution in [0.25, 0.3) is 11.4 Å². The van der Waals surface area contributed by atoms with Crippen LogP contribution in [0, 0.1) is 5.82 Å². The molecule has 8 nitrogen and oxygen atoms in total. The normalized spacial score (nSPS) is 16.0. The number of aromatic nitrogens is 2. The molecule has 10 heteroatoms. The van der Waals surface area contributed by atoms with E-state index in [-0.39, 0.29) is 29.7 Å². The molecule has 1 aliphatic heterocycles. The molecular weight excluding hydrogens is 447 g/mol. The third-order valence-electron chi connectivity index (χ3n) is 5.18. The SMILES string of the molecule is O=C(NCc1cccc(S(=O)(=O)NCC2CCCO2)c1)c1cnc(-c2cccc(F)c2)nc1. The maximum absolute atomic E-state index is 13.4. The van der Waals surface area contributed by atoms with Crippen molar-refractivity contribution in [1.29, 1.82) is 0 Å². The number of ether oxygens (including phenoxy) is 1. The molecule has 0 bridgehead atoms. The fourth-order valence-corrected chi connectivity index (χ4v) is 4.56. The number of nitrogens with one attached hydrogen (secondary N) is 2. The van der Waals surface area contributed by atoms with Gasteiger partial charge in [-0.2, -0.15) is 0 Å². The summed E-state index contributed by atoms with van der Waals surface area (Å²) in [7, 11) is -3.68. The number of hydrogen-bond donors (Lipinski definition) is 2. The third kappa shape index (κ3) is 5.98. The first-order valence-electron chi connectivity index (χ1n) is 10.5. The molecule has 172 valence electrons. The Morgan fingerprint density at radius 1 is 1.12 bits per heavy atom. The van der Waals surface area contributed by atoms with E-state index in [4.69, 9.17) is 4.74 Å². The molecule has 1 aliphatic rings. The van der Waals surface area contributed by atoms with Crippen molar-refractivity contribution in [2.24, 2.45) is 0 Å². The van der Waals surface area contributed by atoms with E-state index < -0.39 is 21.7 Å². The minimum Gasteiger partial charge on any atom is -0.377 e. The summed E-state index contributed by atoms with van der Waals surface area (Å²) in [6.07, 6.45) is 4.38. The number of benzene rings is 2. The molecule has 0 saturated carbocycles. The number of carbonyl (C=O) groups is 1. The highest BCUT2D eigenvalue weighted by Gasteiger charge is 2.20. The summed E-state index contributed by atoms with van der Waals surface area (Å²) in [5.41, 5.74) is 1.37. The van der Waals surface area contributed by atoms with Crippen LogP contribution in [0.2, 0.25) is 0 Å². The van der Waals surface area contributed by atoms with Crippen LogP contribution in [0.5, 0.6) is 0 Å². The molecule has 2 aromatic carbocycles. The van der Waals surface area contributed by atoms with E-state index in [9.17, 15) is 17.6 Å². The van der Waals surface area contributed by atoms with Crippen molar-refractivity contribution in [3.63, 3.8) is 0 Å². The first-order valence-corrected chi connectivity index (χ1v) is 12.0. The quantitative estimate of drug-likeness (QED) is 0.524. The van der Waals surface area contributed by atoms with Gasteiger partial charge in [0.1, 0.15) is 5.82 Å². The molecule has 0 spiro atoms. The highest BCUT2D eigenvalue weighted by molar-refractivity contribution is 7.89. The Morgan fingerprint density at radius 2 is 1.91 bits per heavy atom. The van der Waals surface area contributed by atoms with Gasteiger partial charge in [0.15, 0.2) is 5.82 Å². The number of amides is 1. The lowest BCUT2D eigenvalue weighted by molar-refractivity contribution is 0.0950. The topological polar surface area (TPSA) is 110 Å². The van der Waals surface area contributed by atoms with E-state index in [2.05, 4.69) is 20.0 Å². The lowest BCUT2D eigenvalue weighted by Crippen LogP contribution is -2.32. The summed E-state index contributed by atoms with van der Waals surface area (Å²) in [4.78, 5) is 20.8. The van der Waals surface area contributed by atoms with Gasteiger partial charge < -0.3 is 10.1 Å². The smallest absolute Gasteiger partial charge is 0.254 e. The summed E-state index contributed by atoms with van der Waals surface area (Å²) in [6.45, 7) is 1.01. The number of nitrogens with zero attached hydrogens (tertiary/aromatic N) is 2. The first-order chi connectivity index (χ1) is 15.9. The van der Waals surface area contributed by atoms with Crippen molar-refractivity contribution in [2.75, 3.05) is 13.2 Å². The van der Waals surface area contributed by atoms with Gasteiger partial charge in [0.25, 0.3) is 5.91 Å². The second-order valence-corrected chi connectivity index (χ2v) is 9.39. The molecule has 2 N–H and O–H groups in total. The minimum atomic E-state index is -3.68. The fraction of sp³-hybridized carbons (Fsp3) is 0.261. The summed E-state index contributed by atoms with van der Waals surface area (Å²) in [5.74, 6) is -0.505. The van der Waals surface area contributed by atoms with Crippen molar-refractivity contribution in [2.45, 2.75) is 30.4 Å². The molecule has 1 fully saturated rings. The van der Waals surface area contributed by atoms with Gasteiger partial charge in [0.2, 0.25) is 10.0 Å². The number of halogens is 1. The number of rotatable bonds is 8. The monoisotopic (exact) mass is 470 g/mol. The van der Waals surface area contributed by atoms with Crippen LogP contribution >= 0.6 is 0 Å². The number of sulfonamides is 1. The lowest BCUT2D eigenvalue weighted by Gasteiger charge is -2.12. The first kappa shape index (κ1) is 23.0. The lowest BCUT2D eigenvalue weighted by atomic mass is 10.2. The number of hydrogen-bond acceptors (Lipinski definition) is 6. The highest BCUT2D eigenvalue weighted by atomic mass is 32.2. The fourth-order valence-electron chi connectivity index (χ4n) is 3.42. The summed E-state index contributed by atoms with van der Waals surface area (Å²) in [6, 6.07) is 12.2. The van der Waals surface area contributed by atoms with Crippen molar-refractivity contribution >= 4 is 15.9 Å². The maximum atomic E-state index is 13.4. The van der Waals surface area contributed by atoms with Gasteiger partial charge >= 0.3 is 0 Å². The Balaban J connectivity index is 1.36. The van der Waals surface area contributed by atoms with Crippen LogP contribution < -0.4 is 10.0 Å². The second-order valence-electron chi connectivity index (χ2n) is 7.62. The molecule has 1 atom stereocenters. The predicted octanol–water partition coefficient (Wildman–Crippen LogP) is 2.67.